The average molecular weight is 239 g/mol. The highest BCUT2D eigenvalue weighted by atomic mass is 28.4. The van der Waals surface area contributed by atoms with E-state index in [9.17, 15) is 5.11 Å². The van der Waals surface area contributed by atoms with Crippen LogP contribution in [0, 0.1) is 0 Å². The topological polar surface area (TPSA) is 55.5 Å². The maximum atomic E-state index is 9.51. The van der Waals surface area contributed by atoms with Gasteiger partial charge in [-0.25, -0.2) is 0 Å². The number of nitrogen functional groups attached to an aromatic ring is 1. The smallest absolute Gasteiger partial charge is 0.250 e. The van der Waals surface area contributed by atoms with E-state index in [-0.39, 0.29) is 10.8 Å². The number of nitrogens with two attached hydrogens (primary N) is 1. The van der Waals surface area contributed by atoms with Crippen LogP contribution in [0.3, 0.4) is 0 Å². The first kappa shape index (κ1) is 12.9. The highest BCUT2D eigenvalue weighted by Gasteiger charge is 2.38. The molecule has 3 N–H and O–H groups in total. The SMILES string of the molecule is CC(C)(C)[Si](C)(C)Oc1ccc(N)c(O)c1. The van der Waals surface area contributed by atoms with E-state index in [0.29, 0.717) is 11.4 Å². The van der Waals surface area contributed by atoms with Crippen molar-refractivity contribution in [2.45, 2.75) is 38.9 Å². The Morgan fingerprint density at radius 1 is 1.25 bits per heavy atom. The lowest BCUT2D eigenvalue weighted by molar-refractivity contribution is 0.463. The second-order valence-corrected chi connectivity index (χ2v) is 10.3. The first-order valence-electron chi connectivity index (χ1n) is 5.41. The van der Waals surface area contributed by atoms with Crippen LogP contribution in [-0.4, -0.2) is 13.4 Å². The number of phenols is 1. The van der Waals surface area contributed by atoms with Gasteiger partial charge in [0.15, 0.2) is 0 Å². The van der Waals surface area contributed by atoms with E-state index in [1.54, 1.807) is 18.2 Å². The molecule has 1 rings (SSSR count). The zero-order valence-electron chi connectivity index (χ0n) is 10.7. The number of rotatable bonds is 2. The minimum Gasteiger partial charge on any atom is -0.543 e. The minimum atomic E-state index is -1.84. The summed E-state index contributed by atoms with van der Waals surface area (Å²) >= 11 is 0. The largest absolute Gasteiger partial charge is 0.543 e. The lowest BCUT2D eigenvalue weighted by Crippen LogP contribution is -2.43. The van der Waals surface area contributed by atoms with Crippen molar-refractivity contribution >= 4 is 14.0 Å². The zero-order chi connectivity index (χ0) is 12.6. The molecule has 16 heavy (non-hydrogen) atoms. The summed E-state index contributed by atoms with van der Waals surface area (Å²) in [6.07, 6.45) is 0. The van der Waals surface area contributed by atoms with Crippen molar-refractivity contribution in [2.75, 3.05) is 5.73 Å². The summed E-state index contributed by atoms with van der Waals surface area (Å²) in [6.45, 7) is 10.9. The van der Waals surface area contributed by atoms with Gasteiger partial charge in [-0.3, -0.25) is 0 Å². The summed E-state index contributed by atoms with van der Waals surface area (Å²) < 4.78 is 6.03. The van der Waals surface area contributed by atoms with Crippen LogP contribution in [0.5, 0.6) is 11.5 Å². The maximum absolute atomic E-state index is 9.51. The monoisotopic (exact) mass is 239 g/mol. The average Bonchev–Trinajstić information content (AvgIpc) is 2.09. The van der Waals surface area contributed by atoms with E-state index in [2.05, 4.69) is 33.9 Å². The number of hydrogen-bond acceptors (Lipinski definition) is 3. The number of hydrogen-bond donors (Lipinski definition) is 2. The number of phenolic OH excluding ortho intramolecular Hbond substituents is 1. The molecule has 1 aromatic carbocycles. The quantitative estimate of drug-likeness (QED) is 0.473. The van der Waals surface area contributed by atoms with Gasteiger partial charge in [0.25, 0.3) is 0 Å². The predicted molar refractivity (Wildman–Crippen MR) is 70.3 cm³/mol. The third-order valence-electron chi connectivity index (χ3n) is 3.18. The van der Waals surface area contributed by atoms with Crippen molar-refractivity contribution < 1.29 is 9.53 Å². The second kappa shape index (κ2) is 4.01. The summed E-state index contributed by atoms with van der Waals surface area (Å²) in [4.78, 5) is 0. The fourth-order valence-corrected chi connectivity index (χ4v) is 2.06. The van der Waals surface area contributed by atoms with E-state index < -0.39 is 8.32 Å². The molecular formula is C12H21NO2Si. The molecule has 0 saturated heterocycles. The van der Waals surface area contributed by atoms with Gasteiger partial charge in [-0.15, -0.1) is 0 Å². The van der Waals surface area contributed by atoms with E-state index in [1.165, 1.54) is 0 Å². The highest BCUT2D eigenvalue weighted by Crippen LogP contribution is 2.38. The van der Waals surface area contributed by atoms with E-state index >= 15 is 0 Å². The van der Waals surface area contributed by atoms with E-state index in [0.717, 1.165) is 0 Å². The third kappa shape index (κ3) is 2.69. The molecule has 4 heteroatoms. The van der Waals surface area contributed by atoms with Gasteiger partial charge >= 0.3 is 0 Å². The summed E-state index contributed by atoms with van der Waals surface area (Å²) in [5.74, 6) is 0.773. The Balaban J connectivity index is 2.93. The summed E-state index contributed by atoms with van der Waals surface area (Å²) in [5, 5.41) is 9.65. The molecule has 0 spiro atoms. The van der Waals surface area contributed by atoms with Gasteiger partial charge in [-0.1, -0.05) is 20.8 Å². The van der Waals surface area contributed by atoms with Crippen molar-refractivity contribution in [3.05, 3.63) is 18.2 Å². The van der Waals surface area contributed by atoms with Gasteiger partial charge in [0, 0.05) is 6.07 Å². The summed E-state index contributed by atoms with van der Waals surface area (Å²) in [7, 11) is -1.84. The lowest BCUT2D eigenvalue weighted by atomic mass is 10.2. The number of benzene rings is 1. The molecule has 90 valence electrons. The predicted octanol–water partition coefficient (Wildman–Crippen LogP) is 3.36. The summed E-state index contributed by atoms with van der Waals surface area (Å²) in [5.41, 5.74) is 5.92. The van der Waals surface area contributed by atoms with Gasteiger partial charge in [0.05, 0.1) is 5.69 Å². The maximum Gasteiger partial charge on any atom is 0.250 e. The molecule has 0 aromatic heterocycles. The Bertz CT molecular complexity index is 383. The third-order valence-corrected chi connectivity index (χ3v) is 7.54. The van der Waals surface area contributed by atoms with Gasteiger partial charge in [0.2, 0.25) is 8.32 Å². The van der Waals surface area contributed by atoms with Crippen LogP contribution in [-0.2, 0) is 0 Å². The van der Waals surface area contributed by atoms with Crippen LogP contribution < -0.4 is 10.2 Å². The highest BCUT2D eigenvalue weighted by molar-refractivity contribution is 6.74. The van der Waals surface area contributed by atoms with Crippen molar-refractivity contribution in [3.8, 4) is 11.5 Å². The molecule has 0 fully saturated rings. The molecule has 0 radical (unpaired) electrons. The van der Waals surface area contributed by atoms with Gasteiger partial charge in [0.1, 0.15) is 11.5 Å². The van der Waals surface area contributed by atoms with Crippen molar-refractivity contribution in [1.29, 1.82) is 0 Å². The Labute approximate surface area is 98.4 Å². The van der Waals surface area contributed by atoms with Crippen LogP contribution in [0.15, 0.2) is 18.2 Å². The fourth-order valence-electron chi connectivity index (χ4n) is 1.03. The van der Waals surface area contributed by atoms with Crippen LogP contribution in [0.4, 0.5) is 5.69 Å². The van der Waals surface area contributed by atoms with Crippen molar-refractivity contribution in [2.24, 2.45) is 0 Å². The molecule has 0 atom stereocenters. The Kier molecular flexibility index (Phi) is 3.24. The zero-order valence-corrected chi connectivity index (χ0v) is 11.7. The number of anilines is 1. The van der Waals surface area contributed by atoms with Crippen molar-refractivity contribution in [1.82, 2.24) is 0 Å². The van der Waals surface area contributed by atoms with Crippen LogP contribution >= 0.6 is 0 Å². The molecule has 0 heterocycles. The molecule has 0 aliphatic rings. The molecule has 1 aromatic rings. The minimum absolute atomic E-state index is 0.0798. The van der Waals surface area contributed by atoms with Gasteiger partial charge < -0.3 is 15.3 Å². The first-order chi connectivity index (χ1) is 7.13. The number of aromatic hydroxyl groups is 1. The van der Waals surface area contributed by atoms with Crippen LogP contribution in [0.2, 0.25) is 18.1 Å². The molecule has 0 saturated carbocycles. The molecule has 0 amide bonds. The summed E-state index contributed by atoms with van der Waals surface area (Å²) in [6, 6.07) is 5.04. The first-order valence-corrected chi connectivity index (χ1v) is 8.32. The molecule has 0 bridgehead atoms. The lowest BCUT2D eigenvalue weighted by Gasteiger charge is -2.36. The van der Waals surface area contributed by atoms with Crippen LogP contribution in [0.1, 0.15) is 20.8 Å². The van der Waals surface area contributed by atoms with Crippen molar-refractivity contribution in [3.63, 3.8) is 0 Å². The second-order valence-electron chi connectivity index (χ2n) is 5.58. The fraction of sp³-hybridized carbons (Fsp3) is 0.500. The van der Waals surface area contributed by atoms with Gasteiger partial charge in [-0.05, 0) is 30.3 Å². The molecular weight excluding hydrogens is 218 g/mol. The molecule has 0 aliphatic carbocycles. The van der Waals surface area contributed by atoms with Gasteiger partial charge in [-0.2, -0.15) is 0 Å². The van der Waals surface area contributed by atoms with E-state index in [1.807, 2.05) is 0 Å². The Hall–Kier alpha value is -1.16. The Morgan fingerprint density at radius 2 is 1.81 bits per heavy atom. The molecule has 0 unspecified atom stereocenters. The van der Waals surface area contributed by atoms with Crippen LogP contribution in [0.25, 0.3) is 0 Å². The molecule has 0 aliphatic heterocycles. The Morgan fingerprint density at radius 3 is 2.25 bits per heavy atom. The normalized spacial score (nSPS) is 12.6. The molecule has 3 nitrogen and oxygen atoms in total. The standard InChI is InChI=1S/C12H21NO2Si/c1-12(2,3)16(4,5)15-9-6-7-10(13)11(14)8-9/h6-8,14H,13H2,1-5H3. The van der Waals surface area contributed by atoms with E-state index in [4.69, 9.17) is 10.2 Å².